The minimum absolute atomic E-state index is 0.0959. The molecule has 13 heavy (non-hydrogen) atoms. The lowest BCUT2D eigenvalue weighted by Gasteiger charge is -2.69. The highest BCUT2D eigenvalue weighted by atomic mass is 16.7. The van der Waals surface area contributed by atoms with Crippen molar-refractivity contribution in [3.8, 4) is 0 Å². The van der Waals surface area contributed by atoms with Crippen molar-refractivity contribution in [1.82, 2.24) is 0 Å². The first kappa shape index (κ1) is 7.24. The first-order valence-electron chi connectivity index (χ1n) is 4.43. The molecule has 0 radical (unpaired) electrons. The van der Waals surface area contributed by atoms with E-state index in [0.717, 1.165) is 19.3 Å². The van der Waals surface area contributed by atoms with E-state index in [2.05, 4.69) is 5.16 Å². The Hall–Kier alpha value is -1.19. The number of hydrogen-bond donors (Lipinski definition) is 1. The third-order valence-electron chi connectivity index (χ3n) is 3.40. The van der Waals surface area contributed by atoms with Crippen LogP contribution >= 0.6 is 0 Å². The second-order valence-corrected chi connectivity index (χ2v) is 4.38. The molecule has 1 heterocycles. The van der Waals surface area contributed by atoms with Gasteiger partial charge in [-0.2, -0.15) is 0 Å². The van der Waals surface area contributed by atoms with Crippen molar-refractivity contribution >= 4 is 6.21 Å². The Bertz CT molecular complexity index is 269. The number of hydrogen-bond acceptors (Lipinski definition) is 4. The van der Waals surface area contributed by atoms with Crippen LogP contribution in [0.25, 0.3) is 0 Å². The Morgan fingerprint density at radius 2 is 1.92 bits per heavy atom. The van der Waals surface area contributed by atoms with E-state index in [9.17, 15) is 0 Å². The fourth-order valence-corrected chi connectivity index (χ4v) is 2.99. The van der Waals surface area contributed by atoms with Crippen LogP contribution in [0, 0.1) is 10.8 Å². The minimum Gasteiger partial charge on any atom is -0.459 e. The van der Waals surface area contributed by atoms with Gasteiger partial charge in [0.25, 0.3) is 0 Å². The summed E-state index contributed by atoms with van der Waals surface area (Å²) in [5, 5.41) is 11.5. The van der Waals surface area contributed by atoms with Gasteiger partial charge in [-0.15, -0.1) is 5.16 Å². The summed E-state index contributed by atoms with van der Waals surface area (Å²) in [4.78, 5) is 0. The van der Waals surface area contributed by atoms with Crippen molar-refractivity contribution < 1.29 is 14.7 Å². The monoisotopic (exact) mass is 181 g/mol. The number of rotatable bonds is 2. The molecule has 2 bridgehead atoms. The maximum atomic E-state index is 8.44. The Balaban J connectivity index is 1.67. The number of nitrogens with zero attached hydrogens (tertiary/aromatic N) is 1. The first-order chi connectivity index (χ1) is 6.29. The summed E-state index contributed by atoms with van der Waals surface area (Å²) in [5.74, 6) is 0. The molecule has 0 amide bonds. The van der Waals surface area contributed by atoms with Crippen LogP contribution < -0.4 is 0 Å². The summed E-state index contributed by atoms with van der Waals surface area (Å²) in [6.07, 6.45) is 7.82. The third-order valence-corrected chi connectivity index (χ3v) is 3.40. The van der Waals surface area contributed by atoms with Crippen LogP contribution in [0.5, 0.6) is 0 Å². The molecule has 3 saturated carbocycles. The molecule has 4 rings (SSSR count). The van der Waals surface area contributed by atoms with Gasteiger partial charge in [-0.3, -0.25) is 0 Å². The summed E-state index contributed by atoms with van der Waals surface area (Å²) in [7, 11) is 0. The van der Waals surface area contributed by atoms with Gasteiger partial charge in [-0.25, -0.2) is 0 Å². The maximum Gasteiger partial charge on any atom is 0.245 e. The average Bonchev–Trinajstić information content (AvgIpc) is 2.45. The maximum absolute atomic E-state index is 8.44. The summed E-state index contributed by atoms with van der Waals surface area (Å²) < 4.78 is 10.6. The lowest BCUT2D eigenvalue weighted by Crippen LogP contribution is -2.67. The predicted molar refractivity (Wildman–Crippen MR) is 44.1 cm³/mol. The lowest BCUT2D eigenvalue weighted by atomic mass is 9.35. The molecule has 0 aromatic rings. The Labute approximate surface area is 75.8 Å². The quantitative estimate of drug-likeness (QED) is 0.398. The van der Waals surface area contributed by atoms with Gasteiger partial charge in [0, 0.05) is 17.0 Å². The average molecular weight is 181 g/mol. The van der Waals surface area contributed by atoms with Gasteiger partial charge in [-0.05, 0) is 19.3 Å². The predicted octanol–water partition coefficient (Wildman–Crippen LogP) is 1.46. The van der Waals surface area contributed by atoms with E-state index in [1.54, 1.807) is 18.7 Å². The van der Waals surface area contributed by atoms with Gasteiger partial charge in [0.2, 0.25) is 6.29 Å². The third kappa shape index (κ3) is 0.734. The van der Waals surface area contributed by atoms with Gasteiger partial charge in [0.15, 0.2) is 0 Å². The molecule has 0 saturated heterocycles. The highest BCUT2D eigenvalue weighted by Crippen LogP contribution is 2.74. The van der Waals surface area contributed by atoms with Crippen molar-refractivity contribution in [2.75, 3.05) is 0 Å². The van der Waals surface area contributed by atoms with Crippen LogP contribution in [0.1, 0.15) is 19.3 Å². The molecule has 0 unspecified atom stereocenters. The topological polar surface area (TPSA) is 51.1 Å². The zero-order valence-electron chi connectivity index (χ0n) is 7.14. The van der Waals surface area contributed by atoms with E-state index in [1.807, 2.05) is 0 Å². The summed E-state index contributed by atoms with van der Waals surface area (Å²) in [6, 6.07) is 0. The second-order valence-electron chi connectivity index (χ2n) is 4.38. The standard InChI is InChI=1S/C9H11NO3/c11-10-6-8-3-9(4-8,5-8)7-12-1-2-13-7/h1-2,6-7,11H,3-5H2/b10-6-. The molecule has 0 aromatic heterocycles. The molecular weight excluding hydrogens is 170 g/mol. The van der Waals surface area contributed by atoms with Crippen LogP contribution in [-0.4, -0.2) is 17.7 Å². The summed E-state index contributed by atoms with van der Waals surface area (Å²) in [5.41, 5.74) is 0.356. The van der Waals surface area contributed by atoms with E-state index in [4.69, 9.17) is 14.7 Å². The smallest absolute Gasteiger partial charge is 0.245 e. The fourth-order valence-electron chi connectivity index (χ4n) is 2.99. The van der Waals surface area contributed by atoms with Gasteiger partial charge in [-0.1, -0.05) is 0 Å². The molecule has 0 spiro atoms. The van der Waals surface area contributed by atoms with E-state index in [1.165, 1.54) is 0 Å². The first-order valence-corrected chi connectivity index (χ1v) is 4.43. The number of ether oxygens (including phenoxy) is 2. The van der Waals surface area contributed by atoms with Crippen molar-refractivity contribution in [3.05, 3.63) is 12.5 Å². The molecule has 4 heteroatoms. The van der Waals surface area contributed by atoms with E-state index in [0.29, 0.717) is 0 Å². The van der Waals surface area contributed by atoms with Crippen molar-refractivity contribution in [3.63, 3.8) is 0 Å². The van der Waals surface area contributed by atoms with E-state index in [-0.39, 0.29) is 17.1 Å². The normalized spacial score (nSPS) is 46.8. The van der Waals surface area contributed by atoms with Crippen LogP contribution in [0.3, 0.4) is 0 Å². The van der Waals surface area contributed by atoms with E-state index >= 15 is 0 Å². The fraction of sp³-hybridized carbons (Fsp3) is 0.667. The molecule has 4 nitrogen and oxygen atoms in total. The van der Waals surface area contributed by atoms with Crippen LogP contribution in [0.15, 0.2) is 17.7 Å². The zero-order valence-corrected chi connectivity index (χ0v) is 7.14. The molecule has 4 aliphatic rings. The molecule has 0 atom stereocenters. The van der Waals surface area contributed by atoms with Gasteiger partial charge >= 0.3 is 0 Å². The van der Waals surface area contributed by atoms with Crippen molar-refractivity contribution in [2.45, 2.75) is 25.6 Å². The largest absolute Gasteiger partial charge is 0.459 e. The Kier molecular flexibility index (Phi) is 1.11. The van der Waals surface area contributed by atoms with Crippen LogP contribution in [0.2, 0.25) is 0 Å². The van der Waals surface area contributed by atoms with Gasteiger partial charge in [0.05, 0.1) is 0 Å². The molecule has 3 aliphatic carbocycles. The number of oxime groups is 1. The molecular formula is C9H11NO3. The van der Waals surface area contributed by atoms with Gasteiger partial charge < -0.3 is 14.7 Å². The Morgan fingerprint density at radius 1 is 1.31 bits per heavy atom. The van der Waals surface area contributed by atoms with Crippen molar-refractivity contribution in [2.24, 2.45) is 16.0 Å². The summed E-state index contributed by atoms with van der Waals surface area (Å²) in [6.45, 7) is 0. The van der Waals surface area contributed by atoms with Crippen LogP contribution in [-0.2, 0) is 9.47 Å². The minimum atomic E-state index is -0.0959. The SMILES string of the molecule is O/N=C\C12CC(C3OC=CO3)(C1)C2. The molecule has 0 aromatic carbocycles. The molecule has 1 N–H and O–H groups in total. The Morgan fingerprint density at radius 3 is 2.46 bits per heavy atom. The van der Waals surface area contributed by atoms with Crippen molar-refractivity contribution in [1.29, 1.82) is 0 Å². The second kappa shape index (κ2) is 2.00. The summed E-state index contributed by atoms with van der Waals surface area (Å²) >= 11 is 0. The lowest BCUT2D eigenvalue weighted by molar-refractivity contribution is -0.271. The van der Waals surface area contributed by atoms with Gasteiger partial charge in [0.1, 0.15) is 12.5 Å². The highest BCUT2D eigenvalue weighted by molar-refractivity contribution is 5.71. The molecule has 3 fully saturated rings. The zero-order chi connectivity index (χ0) is 8.94. The molecule has 70 valence electrons. The molecule has 1 aliphatic heterocycles. The highest BCUT2D eigenvalue weighted by Gasteiger charge is 2.72. The van der Waals surface area contributed by atoms with Crippen LogP contribution in [0.4, 0.5) is 0 Å². The van der Waals surface area contributed by atoms with E-state index < -0.39 is 0 Å².